The second-order valence-electron chi connectivity index (χ2n) is 6.98. The maximum Gasteiger partial charge on any atom is 0.306 e. The fraction of sp³-hybridized carbons (Fsp3) is 0.174. The van der Waals surface area contributed by atoms with Gasteiger partial charge in [-0.2, -0.15) is 0 Å². The van der Waals surface area contributed by atoms with Crippen LogP contribution < -0.4 is 4.74 Å². The molecule has 2 aromatic heterocycles. The summed E-state index contributed by atoms with van der Waals surface area (Å²) in [5.41, 5.74) is 2.19. The number of hydrogen-bond acceptors (Lipinski definition) is 6. The Hall–Kier alpha value is -3.87. The summed E-state index contributed by atoms with van der Waals surface area (Å²) in [5.74, 6) is -0.997. The molecular formula is C23H20N2O5. The van der Waals surface area contributed by atoms with Crippen LogP contribution in [-0.2, 0) is 16.6 Å². The third-order valence-corrected chi connectivity index (χ3v) is 5.15. The summed E-state index contributed by atoms with van der Waals surface area (Å²) >= 11 is 0. The van der Waals surface area contributed by atoms with Gasteiger partial charge in [-0.3, -0.25) is 14.6 Å². The van der Waals surface area contributed by atoms with E-state index in [1.165, 1.54) is 19.2 Å². The van der Waals surface area contributed by atoms with Gasteiger partial charge in [-0.25, -0.2) is 0 Å². The van der Waals surface area contributed by atoms with Crippen molar-refractivity contribution in [1.29, 1.82) is 0 Å². The van der Waals surface area contributed by atoms with Crippen molar-refractivity contribution in [2.24, 2.45) is 7.05 Å². The number of aromatic nitrogens is 2. The van der Waals surface area contributed by atoms with Crippen molar-refractivity contribution in [1.82, 2.24) is 9.55 Å². The second kappa shape index (κ2) is 7.87. The number of hydrogen-bond donors (Lipinski definition) is 1. The van der Waals surface area contributed by atoms with Crippen LogP contribution in [0.5, 0.6) is 11.5 Å². The summed E-state index contributed by atoms with van der Waals surface area (Å²) in [6, 6.07) is 10.2. The largest absolute Gasteiger partial charge is 0.508 e. The quantitative estimate of drug-likeness (QED) is 0.518. The van der Waals surface area contributed by atoms with Gasteiger partial charge in [0.2, 0.25) is 5.78 Å². The summed E-state index contributed by atoms with van der Waals surface area (Å²) in [5, 5.41) is 10.7. The molecule has 0 radical (unpaired) electrons. The SMILES string of the molecule is COC(=O)C[C@H](c1cccnc1)c1c(O)ccc2c1O/C(=C\c1cccn1C)C2=O. The molecule has 0 fully saturated rings. The number of carbonyl (C=O) groups is 2. The molecule has 3 aromatic rings. The van der Waals surface area contributed by atoms with E-state index in [2.05, 4.69) is 4.98 Å². The van der Waals surface area contributed by atoms with Gasteiger partial charge < -0.3 is 19.1 Å². The Kier molecular flexibility index (Phi) is 5.10. The van der Waals surface area contributed by atoms with Crippen molar-refractivity contribution in [3.63, 3.8) is 0 Å². The van der Waals surface area contributed by atoms with Crippen LogP contribution in [0.15, 0.2) is 60.7 Å². The highest BCUT2D eigenvalue weighted by molar-refractivity contribution is 6.15. The van der Waals surface area contributed by atoms with Crippen LogP contribution in [0, 0.1) is 0 Å². The monoisotopic (exact) mass is 404 g/mol. The van der Waals surface area contributed by atoms with Crippen molar-refractivity contribution < 1.29 is 24.2 Å². The number of Topliss-reactive ketones (excluding diaryl/α,β-unsaturated/α-hetero) is 1. The van der Waals surface area contributed by atoms with Crippen LogP contribution in [0.3, 0.4) is 0 Å². The zero-order valence-corrected chi connectivity index (χ0v) is 16.5. The number of methoxy groups -OCH3 is 1. The molecule has 30 heavy (non-hydrogen) atoms. The molecule has 1 aliphatic heterocycles. The van der Waals surface area contributed by atoms with E-state index < -0.39 is 11.9 Å². The number of esters is 1. The Morgan fingerprint density at radius 2 is 2.13 bits per heavy atom. The highest BCUT2D eigenvalue weighted by Gasteiger charge is 2.35. The van der Waals surface area contributed by atoms with Gasteiger partial charge in [0.25, 0.3) is 0 Å². The highest BCUT2D eigenvalue weighted by atomic mass is 16.5. The Balaban J connectivity index is 1.83. The summed E-state index contributed by atoms with van der Waals surface area (Å²) < 4.78 is 12.7. The van der Waals surface area contributed by atoms with E-state index in [4.69, 9.17) is 9.47 Å². The number of allylic oxidation sites excluding steroid dienone is 1. The van der Waals surface area contributed by atoms with E-state index in [-0.39, 0.29) is 29.5 Å². The molecule has 0 saturated carbocycles. The van der Waals surface area contributed by atoms with Crippen molar-refractivity contribution in [2.75, 3.05) is 7.11 Å². The minimum Gasteiger partial charge on any atom is -0.508 e. The third-order valence-electron chi connectivity index (χ3n) is 5.15. The van der Waals surface area contributed by atoms with E-state index >= 15 is 0 Å². The van der Waals surface area contributed by atoms with Crippen molar-refractivity contribution in [3.8, 4) is 11.5 Å². The van der Waals surface area contributed by atoms with Gasteiger partial charge in [0.1, 0.15) is 11.5 Å². The molecule has 1 aliphatic rings. The van der Waals surface area contributed by atoms with Gasteiger partial charge in [0.15, 0.2) is 5.76 Å². The summed E-state index contributed by atoms with van der Waals surface area (Å²) in [4.78, 5) is 29.2. The fourth-order valence-electron chi connectivity index (χ4n) is 3.58. The van der Waals surface area contributed by atoms with Crippen LogP contribution in [0.4, 0.5) is 0 Å². The Labute approximate surface area is 173 Å². The number of carbonyl (C=O) groups excluding carboxylic acids is 2. The Bertz CT molecular complexity index is 1150. The highest BCUT2D eigenvalue weighted by Crippen LogP contribution is 2.46. The predicted octanol–water partition coefficient (Wildman–Crippen LogP) is 3.44. The van der Waals surface area contributed by atoms with Crippen LogP contribution in [-0.4, -0.2) is 33.5 Å². The summed E-state index contributed by atoms with van der Waals surface area (Å²) in [6.07, 6.45) is 6.72. The lowest BCUT2D eigenvalue weighted by molar-refractivity contribution is -0.140. The number of fused-ring (bicyclic) bond motifs is 1. The summed E-state index contributed by atoms with van der Waals surface area (Å²) in [7, 11) is 3.17. The number of aryl methyl sites for hydroxylation is 1. The molecular weight excluding hydrogens is 384 g/mol. The molecule has 0 saturated heterocycles. The first kappa shape index (κ1) is 19.4. The van der Waals surface area contributed by atoms with Gasteiger partial charge in [-0.05, 0) is 35.9 Å². The average molecular weight is 404 g/mol. The molecule has 7 heteroatoms. The van der Waals surface area contributed by atoms with Gasteiger partial charge in [0, 0.05) is 48.9 Å². The lowest BCUT2D eigenvalue weighted by Crippen LogP contribution is -2.11. The topological polar surface area (TPSA) is 90.7 Å². The number of ether oxygens (including phenoxy) is 2. The molecule has 0 spiro atoms. The standard InChI is InChI=1S/C23H20N2O5/c1-25-10-4-6-15(25)11-19-22(28)16-7-8-18(26)21(23(16)30-19)17(12-20(27)29-2)14-5-3-9-24-13-14/h3-11,13,17,26H,12H2,1-2H3/b19-11-/t17-/m1/s1. The van der Waals surface area contributed by atoms with E-state index in [0.717, 1.165) is 5.69 Å². The molecule has 152 valence electrons. The first-order chi connectivity index (χ1) is 14.5. The van der Waals surface area contributed by atoms with Crippen molar-refractivity contribution in [2.45, 2.75) is 12.3 Å². The second-order valence-corrected chi connectivity index (χ2v) is 6.98. The number of nitrogens with zero attached hydrogens (tertiary/aromatic N) is 2. The molecule has 0 amide bonds. The number of phenols is 1. The minimum atomic E-state index is -0.594. The number of ketones is 1. The maximum atomic E-state index is 12.9. The molecule has 1 N–H and O–H groups in total. The lowest BCUT2D eigenvalue weighted by atomic mass is 9.87. The van der Waals surface area contributed by atoms with Crippen LogP contribution >= 0.6 is 0 Å². The zero-order chi connectivity index (χ0) is 21.3. The normalized spacial score (nSPS) is 15.0. The van der Waals surface area contributed by atoms with E-state index in [0.29, 0.717) is 16.7 Å². The molecule has 0 aliphatic carbocycles. The molecule has 7 nitrogen and oxygen atoms in total. The van der Waals surface area contributed by atoms with Crippen LogP contribution in [0.1, 0.15) is 39.5 Å². The maximum absolute atomic E-state index is 12.9. The van der Waals surface area contributed by atoms with Gasteiger partial charge >= 0.3 is 5.97 Å². The van der Waals surface area contributed by atoms with Gasteiger partial charge in [-0.15, -0.1) is 0 Å². The third kappa shape index (κ3) is 3.45. The fourth-order valence-corrected chi connectivity index (χ4v) is 3.58. The van der Waals surface area contributed by atoms with Crippen LogP contribution in [0.25, 0.3) is 6.08 Å². The summed E-state index contributed by atoms with van der Waals surface area (Å²) in [6.45, 7) is 0. The average Bonchev–Trinajstić information content (AvgIpc) is 3.30. The first-order valence-electron chi connectivity index (χ1n) is 9.37. The number of rotatable bonds is 5. The molecule has 1 atom stereocenters. The Morgan fingerprint density at radius 1 is 1.30 bits per heavy atom. The van der Waals surface area contributed by atoms with Crippen molar-refractivity contribution >= 4 is 17.8 Å². The minimum absolute atomic E-state index is 0.0411. The smallest absolute Gasteiger partial charge is 0.306 e. The molecule has 3 heterocycles. The number of phenolic OH excluding ortho intramolecular Hbond substituents is 1. The van der Waals surface area contributed by atoms with Crippen molar-refractivity contribution in [3.05, 3.63) is 83.1 Å². The van der Waals surface area contributed by atoms with Gasteiger partial charge in [-0.1, -0.05) is 6.07 Å². The number of pyridine rings is 1. The molecule has 0 bridgehead atoms. The predicted molar refractivity (Wildman–Crippen MR) is 109 cm³/mol. The van der Waals surface area contributed by atoms with Gasteiger partial charge in [0.05, 0.1) is 19.1 Å². The molecule has 0 unspecified atom stereocenters. The number of benzene rings is 1. The zero-order valence-electron chi connectivity index (χ0n) is 16.5. The number of aromatic hydroxyl groups is 1. The lowest BCUT2D eigenvalue weighted by Gasteiger charge is -2.20. The van der Waals surface area contributed by atoms with E-state index in [1.54, 1.807) is 30.6 Å². The van der Waals surface area contributed by atoms with Crippen LogP contribution in [0.2, 0.25) is 0 Å². The van der Waals surface area contributed by atoms with E-state index in [9.17, 15) is 14.7 Å². The molecule has 4 rings (SSSR count). The Morgan fingerprint density at radius 3 is 2.80 bits per heavy atom. The molecule has 1 aromatic carbocycles. The van der Waals surface area contributed by atoms with E-state index in [1.807, 2.05) is 29.9 Å². The first-order valence-corrected chi connectivity index (χ1v) is 9.37.